The number of rotatable bonds is 8. The predicted molar refractivity (Wildman–Crippen MR) is 329 cm³/mol. The molecule has 6 heterocycles. The summed E-state index contributed by atoms with van der Waals surface area (Å²) in [6.07, 6.45) is 7.66. The summed E-state index contributed by atoms with van der Waals surface area (Å²) in [5.74, 6) is 1.41. The van der Waals surface area contributed by atoms with Gasteiger partial charge in [0.05, 0.1) is 44.8 Å². The molecule has 3 aliphatic carbocycles. The Hall–Kier alpha value is -11.0. The highest BCUT2D eigenvalue weighted by atomic mass is 15.0. The van der Waals surface area contributed by atoms with Gasteiger partial charge >= 0.3 is 0 Å². The molecule has 0 spiro atoms. The summed E-state index contributed by atoms with van der Waals surface area (Å²) in [5.41, 5.74) is 24.0. The van der Waals surface area contributed by atoms with Gasteiger partial charge in [0.1, 0.15) is 0 Å². The van der Waals surface area contributed by atoms with Crippen molar-refractivity contribution in [1.29, 1.82) is 0 Å². The van der Waals surface area contributed by atoms with Crippen LogP contribution < -0.4 is 0 Å². The van der Waals surface area contributed by atoms with Crippen LogP contribution in [0.2, 0.25) is 0 Å². The van der Waals surface area contributed by atoms with E-state index in [4.69, 9.17) is 19.9 Å². The van der Waals surface area contributed by atoms with Crippen molar-refractivity contribution in [3.8, 4) is 79.2 Å². The van der Waals surface area contributed by atoms with Gasteiger partial charge < -0.3 is 9.13 Å². The van der Waals surface area contributed by atoms with E-state index in [-0.39, 0.29) is 11.8 Å². The Morgan fingerprint density at radius 2 is 0.622 bits per heavy atom. The monoisotopic (exact) mass is 1050 g/mol. The molecule has 9 aromatic carbocycles. The van der Waals surface area contributed by atoms with Gasteiger partial charge in [-0.2, -0.15) is 0 Å². The minimum atomic E-state index is 0.0217. The molecule has 2 bridgehead atoms. The van der Waals surface area contributed by atoms with E-state index in [1.165, 1.54) is 44.2 Å². The van der Waals surface area contributed by atoms with E-state index in [1.807, 2.05) is 36.9 Å². The fraction of sp³-hybridized carbons (Fsp3) is 0.0270. The van der Waals surface area contributed by atoms with Crippen LogP contribution in [-0.4, -0.2) is 39.0 Å². The molecule has 382 valence electrons. The molecule has 0 amide bonds. The molecule has 6 aromatic heterocycles. The molecule has 18 rings (SSSR count). The standard InChI is InChI=1S/C74H46N8/c1-3-15-45(16-4-1)73-77-63(47-19-13-21-51(37-47)81-67-27-11-9-23-53(67)61-43-75-35-33-69(61)81)41-65(79-73)49-29-31-57-59(39-49)71-55-25-7-8-26-56(55)72(57)60-40-50(30-32-58(60)71)66-42-64(78-74(80-66)46-17-5-2-6-18-46)48-20-14-22-52(38-48)82-68-28-12-10-24-54(68)62-44-76-36-34-70(62)82/h1-44,71-72H. The molecule has 15 aromatic rings. The van der Waals surface area contributed by atoms with E-state index in [9.17, 15) is 0 Å². The van der Waals surface area contributed by atoms with Gasteiger partial charge in [0, 0.05) is 103 Å². The highest BCUT2D eigenvalue weighted by Crippen LogP contribution is 2.57. The lowest BCUT2D eigenvalue weighted by molar-refractivity contribution is 0.755. The fourth-order valence-electron chi connectivity index (χ4n) is 13.3. The maximum atomic E-state index is 5.36. The molecule has 0 radical (unpaired) electrons. The summed E-state index contributed by atoms with van der Waals surface area (Å²) >= 11 is 0. The summed E-state index contributed by atoms with van der Waals surface area (Å²) in [6, 6.07) is 86.7. The van der Waals surface area contributed by atoms with Crippen LogP contribution >= 0.6 is 0 Å². The number of nitrogens with zero attached hydrogens (tertiary/aromatic N) is 8. The van der Waals surface area contributed by atoms with E-state index in [0.29, 0.717) is 11.6 Å². The summed E-state index contributed by atoms with van der Waals surface area (Å²) in [7, 11) is 0. The molecular formula is C74H46N8. The van der Waals surface area contributed by atoms with Gasteiger partial charge in [0.15, 0.2) is 11.6 Å². The molecule has 8 nitrogen and oxygen atoms in total. The third-order valence-corrected chi connectivity index (χ3v) is 16.9. The van der Waals surface area contributed by atoms with Gasteiger partial charge in [-0.25, -0.2) is 19.9 Å². The minimum absolute atomic E-state index is 0.0217. The number of hydrogen-bond acceptors (Lipinski definition) is 6. The molecule has 0 N–H and O–H groups in total. The first kappa shape index (κ1) is 46.0. The van der Waals surface area contributed by atoms with Crippen molar-refractivity contribution < 1.29 is 0 Å². The molecule has 82 heavy (non-hydrogen) atoms. The normalized spacial score (nSPS) is 14.1. The maximum absolute atomic E-state index is 5.36. The zero-order chi connectivity index (χ0) is 53.8. The second kappa shape index (κ2) is 18.3. The zero-order valence-electron chi connectivity index (χ0n) is 44.1. The Morgan fingerprint density at radius 3 is 1.07 bits per heavy atom. The lowest BCUT2D eigenvalue weighted by atomic mass is 9.60. The van der Waals surface area contributed by atoms with E-state index in [2.05, 4.69) is 250 Å². The van der Waals surface area contributed by atoms with Crippen molar-refractivity contribution in [3.05, 3.63) is 301 Å². The molecular weight excluding hydrogens is 1000 g/mol. The topological polar surface area (TPSA) is 87.2 Å². The number of fused-ring (bicyclic) bond motifs is 6. The number of para-hydroxylation sites is 2. The SMILES string of the molecule is c1ccc(-c2nc(-c3cccc(-n4c5ccccc5c5cnccc54)c3)cc(-c3ccc4c(c3)C3c5ccccc5C4c4cc(-c5cc(-c6cccc(-n7c8ccccc8c8cnccc87)c6)nc(-c6ccccc6)n5)ccc43)n2)cc1. The van der Waals surface area contributed by atoms with E-state index in [0.717, 1.165) is 100 Å². The van der Waals surface area contributed by atoms with Crippen molar-refractivity contribution in [2.24, 2.45) is 0 Å². The highest BCUT2D eigenvalue weighted by molar-refractivity contribution is 6.10. The summed E-state index contributed by atoms with van der Waals surface area (Å²) in [6.45, 7) is 0. The van der Waals surface area contributed by atoms with Crippen LogP contribution in [0.15, 0.2) is 267 Å². The van der Waals surface area contributed by atoms with E-state index >= 15 is 0 Å². The van der Waals surface area contributed by atoms with Gasteiger partial charge in [0.25, 0.3) is 0 Å². The number of hydrogen-bond donors (Lipinski definition) is 0. The van der Waals surface area contributed by atoms with E-state index in [1.54, 1.807) is 0 Å². The molecule has 0 saturated carbocycles. The smallest absolute Gasteiger partial charge is 0.160 e. The van der Waals surface area contributed by atoms with Crippen LogP contribution in [0.1, 0.15) is 45.2 Å². The Morgan fingerprint density at radius 1 is 0.256 bits per heavy atom. The molecule has 3 aliphatic rings. The Bertz CT molecular complexity index is 4650. The summed E-state index contributed by atoms with van der Waals surface area (Å²) in [4.78, 5) is 30.3. The van der Waals surface area contributed by atoms with Crippen LogP contribution in [-0.2, 0) is 0 Å². The first-order valence-electron chi connectivity index (χ1n) is 27.8. The molecule has 0 fully saturated rings. The predicted octanol–water partition coefficient (Wildman–Crippen LogP) is 17.2. The molecule has 2 unspecified atom stereocenters. The van der Waals surface area contributed by atoms with Gasteiger partial charge in [-0.15, -0.1) is 0 Å². The largest absolute Gasteiger partial charge is 0.309 e. The van der Waals surface area contributed by atoms with Crippen LogP contribution in [0.25, 0.3) is 123 Å². The number of aromatic nitrogens is 8. The van der Waals surface area contributed by atoms with Gasteiger partial charge in [0.2, 0.25) is 0 Å². The number of benzene rings is 9. The zero-order valence-corrected chi connectivity index (χ0v) is 44.1. The summed E-state index contributed by atoms with van der Waals surface area (Å²) in [5, 5.41) is 4.58. The number of pyridine rings is 2. The van der Waals surface area contributed by atoms with Crippen molar-refractivity contribution in [2.45, 2.75) is 11.8 Å². The van der Waals surface area contributed by atoms with Crippen LogP contribution in [0.5, 0.6) is 0 Å². The molecule has 0 aliphatic heterocycles. The molecule has 8 heteroatoms. The second-order valence-corrected chi connectivity index (χ2v) is 21.4. The average molecular weight is 1050 g/mol. The molecule has 0 saturated heterocycles. The Balaban J connectivity index is 0.776. The van der Waals surface area contributed by atoms with Crippen LogP contribution in [0.3, 0.4) is 0 Å². The quantitative estimate of drug-likeness (QED) is 0.151. The van der Waals surface area contributed by atoms with Gasteiger partial charge in [-0.3, -0.25) is 9.97 Å². The third-order valence-electron chi connectivity index (χ3n) is 16.9. The fourth-order valence-corrected chi connectivity index (χ4v) is 13.3. The average Bonchev–Trinajstić information content (AvgIpc) is 4.02. The van der Waals surface area contributed by atoms with Crippen LogP contribution in [0, 0.1) is 0 Å². The first-order chi connectivity index (χ1) is 40.6. The van der Waals surface area contributed by atoms with Gasteiger partial charge in [-0.05, 0) is 106 Å². The first-order valence-corrected chi connectivity index (χ1v) is 27.8. The lowest BCUT2D eigenvalue weighted by Gasteiger charge is -2.42. The van der Waals surface area contributed by atoms with Gasteiger partial charge in [-0.1, -0.05) is 170 Å². The highest BCUT2D eigenvalue weighted by Gasteiger charge is 2.41. The molecule has 2 atom stereocenters. The van der Waals surface area contributed by atoms with Crippen molar-refractivity contribution in [3.63, 3.8) is 0 Å². The van der Waals surface area contributed by atoms with Crippen molar-refractivity contribution in [1.82, 2.24) is 39.0 Å². The summed E-state index contributed by atoms with van der Waals surface area (Å²) < 4.78 is 4.65. The Labute approximate surface area is 472 Å². The minimum Gasteiger partial charge on any atom is -0.309 e. The van der Waals surface area contributed by atoms with Crippen molar-refractivity contribution >= 4 is 43.6 Å². The Kier molecular flexibility index (Phi) is 10.3. The third kappa shape index (κ3) is 7.24. The maximum Gasteiger partial charge on any atom is 0.160 e. The van der Waals surface area contributed by atoms with E-state index < -0.39 is 0 Å². The van der Waals surface area contributed by atoms with Crippen LogP contribution in [0.4, 0.5) is 0 Å². The second-order valence-electron chi connectivity index (χ2n) is 21.4. The van der Waals surface area contributed by atoms with Crippen molar-refractivity contribution in [2.75, 3.05) is 0 Å². The lowest BCUT2D eigenvalue weighted by Crippen LogP contribution is -2.27.